The number of piperidine rings is 1. The van der Waals surface area contributed by atoms with Crippen LogP contribution in [0.3, 0.4) is 0 Å². The second-order valence-corrected chi connectivity index (χ2v) is 5.85. The average molecular weight is 283 g/mol. The highest BCUT2D eigenvalue weighted by Gasteiger charge is 2.27. The first-order chi connectivity index (χ1) is 9.00. The maximum absolute atomic E-state index is 12.0. The molecule has 1 atom stereocenters. The van der Waals surface area contributed by atoms with Crippen molar-refractivity contribution >= 4 is 17.5 Å². The van der Waals surface area contributed by atoms with Gasteiger partial charge in [-0.15, -0.1) is 0 Å². The molecule has 1 saturated heterocycles. The van der Waals surface area contributed by atoms with Crippen molar-refractivity contribution < 1.29 is 9.90 Å². The fraction of sp³-hybridized carbons (Fsp3) is 0.500. The number of phenols is 1. The van der Waals surface area contributed by atoms with Crippen molar-refractivity contribution in [3.05, 3.63) is 28.8 Å². The standard InChI is InChI=1S/C14H19ClN2O2/c1-14(5-2-6-16-8-14)9-17-13(19)10-3-4-12(18)11(15)7-10/h3-4,7,16,18H,2,5-6,8-9H2,1H3,(H,17,19). The van der Waals surface area contributed by atoms with Crippen molar-refractivity contribution in [1.29, 1.82) is 0 Å². The van der Waals surface area contributed by atoms with E-state index in [1.54, 1.807) is 6.07 Å². The molecule has 1 aromatic carbocycles. The van der Waals surface area contributed by atoms with Crippen LogP contribution in [-0.4, -0.2) is 30.6 Å². The fourth-order valence-electron chi connectivity index (χ4n) is 2.31. The third kappa shape index (κ3) is 3.61. The quantitative estimate of drug-likeness (QED) is 0.796. The summed E-state index contributed by atoms with van der Waals surface area (Å²) >= 11 is 5.79. The van der Waals surface area contributed by atoms with Crippen LogP contribution >= 0.6 is 11.6 Å². The van der Waals surface area contributed by atoms with E-state index < -0.39 is 0 Å². The van der Waals surface area contributed by atoms with Crippen molar-refractivity contribution in [1.82, 2.24) is 10.6 Å². The third-order valence-electron chi connectivity index (χ3n) is 3.57. The molecular formula is C14H19ClN2O2. The molecule has 5 heteroatoms. The van der Waals surface area contributed by atoms with Crippen LogP contribution < -0.4 is 10.6 Å². The Labute approximate surface area is 118 Å². The van der Waals surface area contributed by atoms with Crippen LogP contribution in [0.25, 0.3) is 0 Å². The molecule has 0 radical (unpaired) electrons. The first kappa shape index (κ1) is 14.2. The van der Waals surface area contributed by atoms with Crippen molar-refractivity contribution in [3.8, 4) is 5.75 Å². The van der Waals surface area contributed by atoms with E-state index in [0.29, 0.717) is 12.1 Å². The molecule has 2 rings (SSSR count). The Balaban J connectivity index is 1.95. The highest BCUT2D eigenvalue weighted by molar-refractivity contribution is 6.32. The van der Waals surface area contributed by atoms with Crippen LogP contribution in [0.2, 0.25) is 5.02 Å². The molecule has 3 N–H and O–H groups in total. The van der Waals surface area contributed by atoms with E-state index in [4.69, 9.17) is 11.6 Å². The van der Waals surface area contributed by atoms with Gasteiger partial charge in [-0.3, -0.25) is 4.79 Å². The van der Waals surface area contributed by atoms with Gasteiger partial charge in [0.1, 0.15) is 5.75 Å². The Bertz CT molecular complexity index is 471. The molecule has 1 unspecified atom stereocenters. The summed E-state index contributed by atoms with van der Waals surface area (Å²) in [5.41, 5.74) is 0.574. The summed E-state index contributed by atoms with van der Waals surface area (Å²) < 4.78 is 0. The molecule has 1 fully saturated rings. The Morgan fingerprint density at radius 1 is 1.58 bits per heavy atom. The van der Waals surface area contributed by atoms with E-state index in [9.17, 15) is 9.90 Å². The predicted octanol–water partition coefficient (Wildman–Crippen LogP) is 2.17. The lowest BCUT2D eigenvalue weighted by molar-refractivity contribution is 0.0924. The number of amides is 1. The van der Waals surface area contributed by atoms with Crippen molar-refractivity contribution in [2.45, 2.75) is 19.8 Å². The highest BCUT2D eigenvalue weighted by atomic mass is 35.5. The first-order valence-corrected chi connectivity index (χ1v) is 6.85. The predicted molar refractivity (Wildman–Crippen MR) is 75.7 cm³/mol. The topological polar surface area (TPSA) is 61.4 Å². The Morgan fingerprint density at radius 3 is 3.00 bits per heavy atom. The fourth-order valence-corrected chi connectivity index (χ4v) is 2.49. The molecule has 0 aliphatic carbocycles. The summed E-state index contributed by atoms with van der Waals surface area (Å²) in [6.45, 7) is 4.78. The molecule has 104 valence electrons. The minimum absolute atomic E-state index is 0.0124. The number of benzene rings is 1. The second-order valence-electron chi connectivity index (χ2n) is 5.44. The number of hydrogen-bond donors (Lipinski definition) is 3. The summed E-state index contributed by atoms with van der Waals surface area (Å²) in [5, 5.41) is 15.8. The second kappa shape index (κ2) is 5.80. The van der Waals surface area contributed by atoms with E-state index in [1.807, 2.05) is 0 Å². The van der Waals surface area contributed by atoms with Gasteiger partial charge in [-0.25, -0.2) is 0 Å². The third-order valence-corrected chi connectivity index (χ3v) is 3.87. The van der Waals surface area contributed by atoms with Gasteiger partial charge < -0.3 is 15.7 Å². The monoisotopic (exact) mass is 282 g/mol. The Kier molecular flexibility index (Phi) is 4.32. The molecule has 4 nitrogen and oxygen atoms in total. The summed E-state index contributed by atoms with van der Waals surface area (Å²) in [7, 11) is 0. The summed E-state index contributed by atoms with van der Waals surface area (Å²) in [4.78, 5) is 12.0. The van der Waals surface area contributed by atoms with E-state index in [1.165, 1.54) is 12.1 Å². The zero-order valence-corrected chi connectivity index (χ0v) is 11.8. The first-order valence-electron chi connectivity index (χ1n) is 6.48. The maximum Gasteiger partial charge on any atom is 0.251 e. The smallest absolute Gasteiger partial charge is 0.251 e. The number of phenolic OH excluding ortho intramolecular Hbond substituents is 1. The summed E-state index contributed by atoms with van der Waals surface area (Å²) in [6, 6.07) is 4.48. The molecule has 1 aliphatic heterocycles. The molecule has 0 saturated carbocycles. The van der Waals surface area contributed by atoms with Crippen molar-refractivity contribution in [2.24, 2.45) is 5.41 Å². The zero-order chi connectivity index (χ0) is 13.9. The van der Waals surface area contributed by atoms with Gasteiger partial charge in [0.2, 0.25) is 0 Å². The van der Waals surface area contributed by atoms with Gasteiger partial charge in [-0.05, 0) is 43.0 Å². The summed E-state index contributed by atoms with van der Waals surface area (Å²) in [5.74, 6) is -0.171. The lowest BCUT2D eigenvalue weighted by Crippen LogP contribution is -2.45. The van der Waals surface area contributed by atoms with E-state index >= 15 is 0 Å². The Morgan fingerprint density at radius 2 is 2.37 bits per heavy atom. The van der Waals surface area contributed by atoms with Gasteiger partial charge in [-0.1, -0.05) is 18.5 Å². The largest absolute Gasteiger partial charge is 0.506 e. The van der Waals surface area contributed by atoms with Crippen molar-refractivity contribution in [3.63, 3.8) is 0 Å². The molecule has 0 aromatic heterocycles. The minimum Gasteiger partial charge on any atom is -0.506 e. The van der Waals surface area contributed by atoms with Gasteiger partial charge in [0.15, 0.2) is 0 Å². The molecule has 1 heterocycles. The normalized spacial score (nSPS) is 23.1. The van der Waals surface area contributed by atoms with Crippen LogP contribution in [0.15, 0.2) is 18.2 Å². The molecule has 1 aliphatic rings. The van der Waals surface area contributed by atoms with Crippen LogP contribution in [0, 0.1) is 5.41 Å². The minimum atomic E-state index is -0.159. The SMILES string of the molecule is CC1(CNC(=O)c2ccc(O)c(Cl)c2)CCCNC1. The van der Waals surface area contributed by atoms with Crippen molar-refractivity contribution in [2.75, 3.05) is 19.6 Å². The molecular weight excluding hydrogens is 264 g/mol. The van der Waals surface area contributed by atoms with Gasteiger partial charge >= 0.3 is 0 Å². The number of carbonyl (C=O) groups is 1. The molecule has 0 bridgehead atoms. The molecule has 0 spiro atoms. The van der Waals surface area contributed by atoms with Crippen LogP contribution in [0.5, 0.6) is 5.75 Å². The number of rotatable bonds is 3. The lowest BCUT2D eigenvalue weighted by atomic mass is 9.83. The Hall–Kier alpha value is -1.26. The van der Waals surface area contributed by atoms with E-state index in [-0.39, 0.29) is 22.1 Å². The molecule has 1 amide bonds. The average Bonchev–Trinajstić information content (AvgIpc) is 2.40. The van der Waals surface area contributed by atoms with Gasteiger partial charge in [0.05, 0.1) is 5.02 Å². The lowest BCUT2D eigenvalue weighted by Gasteiger charge is -2.34. The number of carbonyl (C=O) groups excluding carboxylic acids is 1. The van der Waals surface area contributed by atoms with E-state index in [0.717, 1.165) is 25.9 Å². The number of nitrogens with one attached hydrogen (secondary N) is 2. The highest BCUT2D eigenvalue weighted by Crippen LogP contribution is 2.25. The van der Waals surface area contributed by atoms with Crippen LogP contribution in [0.1, 0.15) is 30.1 Å². The number of halogens is 1. The van der Waals surface area contributed by atoms with Gasteiger partial charge in [0.25, 0.3) is 5.91 Å². The number of aromatic hydroxyl groups is 1. The summed E-state index contributed by atoms with van der Waals surface area (Å²) in [6.07, 6.45) is 2.24. The zero-order valence-electron chi connectivity index (χ0n) is 11.0. The van der Waals surface area contributed by atoms with Gasteiger partial charge in [-0.2, -0.15) is 0 Å². The van der Waals surface area contributed by atoms with Crippen LogP contribution in [-0.2, 0) is 0 Å². The molecule has 19 heavy (non-hydrogen) atoms. The molecule has 1 aromatic rings. The maximum atomic E-state index is 12.0. The number of hydrogen-bond acceptors (Lipinski definition) is 3. The van der Waals surface area contributed by atoms with Crippen LogP contribution in [0.4, 0.5) is 0 Å². The van der Waals surface area contributed by atoms with Gasteiger partial charge in [0, 0.05) is 18.7 Å². The van der Waals surface area contributed by atoms with E-state index in [2.05, 4.69) is 17.6 Å².